The monoisotopic (exact) mass is 263 g/mol. The number of rotatable bonds is 6. The number of H-pyrrole nitrogens is 1. The third-order valence-corrected chi connectivity index (χ3v) is 3.38. The smallest absolute Gasteiger partial charge is 0.188 e. The molecule has 2 heterocycles. The molecule has 0 aliphatic rings. The average molecular weight is 263 g/mol. The maximum atomic E-state index is 4.47. The predicted octanol–water partition coefficient (Wildman–Crippen LogP) is 2.41. The number of nitrogens with one attached hydrogen (secondary N) is 2. The highest BCUT2D eigenvalue weighted by Gasteiger charge is 2.06. The van der Waals surface area contributed by atoms with Crippen LogP contribution in [0.5, 0.6) is 0 Å². The fourth-order valence-electron chi connectivity index (χ4n) is 1.53. The molecule has 6 heteroatoms. The molecule has 2 N–H and O–H groups in total. The highest BCUT2D eigenvalue weighted by atomic mass is 32.2. The Morgan fingerprint density at radius 2 is 2.28 bits per heavy atom. The van der Waals surface area contributed by atoms with E-state index in [9.17, 15) is 0 Å². The van der Waals surface area contributed by atoms with Crippen molar-refractivity contribution < 1.29 is 0 Å². The summed E-state index contributed by atoms with van der Waals surface area (Å²) >= 11 is 1.52. The Morgan fingerprint density at radius 1 is 1.39 bits per heavy atom. The second kappa shape index (κ2) is 6.51. The van der Waals surface area contributed by atoms with Crippen LogP contribution in [-0.4, -0.2) is 26.7 Å². The third kappa shape index (κ3) is 3.54. The van der Waals surface area contributed by atoms with Crippen molar-refractivity contribution in [2.45, 2.75) is 36.4 Å². The van der Waals surface area contributed by atoms with Crippen molar-refractivity contribution in [3.05, 3.63) is 30.4 Å². The van der Waals surface area contributed by atoms with Gasteiger partial charge in [-0.15, -0.1) is 0 Å². The third-order valence-electron chi connectivity index (χ3n) is 2.51. The number of hydrogen-bond donors (Lipinski definition) is 2. The highest BCUT2D eigenvalue weighted by molar-refractivity contribution is 7.99. The van der Waals surface area contributed by atoms with E-state index in [0.717, 1.165) is 28.7 Å². The van der Waals surface area contributed by atoms with Crippen molar-refractivity contribution in [1.29, 1.82) is 0 Å². The molecule has 1 unspecified atom stereocenters. The number of aromatic amines is 1. The van der Waals surface area contributed by atoms with E-state index in [2.05, 4.69) is 45.4 Å². The molecule has 2 rings (SSSR count). The fraction of sp³-hybridized carbons (Fsp3) is 0.417. The van der Waals surface area contributed by atoms with E-state index >= 15 is 0 Å². The Labute approximate surface area is 111 Å². The molecule has 18 heavy (non-hydrogen) atoms. The molecule has 0 amide bonds. The molecule has 2 aromatic rings. The van der Waals surface area contributed by atoms with Crippen LogP contribution in [-0.2, 0) is 0 Å². The van der Waals surface area contributed by atoms with E-state index in [1.807, 2.05) is 12.3 Å². The van der Waals surface area contributed by atoms with Gasteiger partial charge in [0.15, 0.2) is 5.16 Å². The molecule has 0 aliphatic carbocycles. The molecular weight excluding hydrogens is 246 g/mol. The maximum absolute atomic E-state index is 4.47. The standard InChI is InChI=1S/C12H17N5S/c1-3-6-13-9(2)11-5-4-10(7-14-11)18-12-15-8-16-17-12/h4-5,7-9,13H,3,6H2,1-2H3,(H,15,16,17). The quantitative estimate of drug-likeness (QED) is 0.837. The minimum Gasteiger partial charge on any atom is -0.309 e. The lowest BCUT2D eigenvalue weighted by atomic mass is 10.2. The SMILES string of the molecule is CCCNC(C)c1ccc(Sc2ncn[nH]2)cn1. The van der Waals surface area contributed by atoms with Crippen LogP contribution in [0.25, 0.3) is 0 Å². The number of nitrogens with zero attached hydrogens (tertiary/aromatic N) is 3. The van der Waals surface area contributed by atoms with E-state index in [-0.39, 0.29) is 6.04 Å². The van der Waals surface area contributed by atoms with Crippen molar-refractivity contribution in [3.63, 3.8) is 0 Å². The molecule has 0 saturated heterocycles. The van der Waals surface area contributed by atoms with E-state index in [4.69, 9.17) is 0 Å². The molecule has 96 valence electrons. The minimum atomic E-state index is 0.286. The van der Waals surface area contributed by atoms with Crippen molar-refractivity contribution in [2.75, 3.05) is 6.54 Å². The maximum Gasteiger partial charge on any atom is 0.188 e. The van der Waals surface area contributed by atoms with E-state index < -0.39 is 0 Å². The van der Waals surface area contributed by atoms with Gasteiger partial charge in [-0.05, 0) is 43.8 Å². The average Bonchev–Trinajstić information content (AvgIpc) is 2.89. The molecule has 0 fully saturated rings. The van der Waals surface area contributed by atoms with Gasteiger partial charge in [-0.2, -0.15) is 5.10 Å². The van der Waals surface area contributed by atoms with Gasteiger partial charge in [-0.1, -0.05) is 6.92 Å². The van der Waals surface area contributed by atoms with Gasteiger partial charge in [0.25, 0.3) is 0 Å². The van der Waals surface area contributed by atoms with Crippen molar-refractivity contribution >= 4 is 11.8 Å². The second-order valence-electron chi connectivity index (χ2n) is 3.99. The van der Waals surface area contributed by atoms with Gasteiger partial charge in [0.05, 0.1) is 5.69 Å². The lowest BCUT2D eigenvalue weighted by Crippen LogP contribution is -2.20. The van der Waals surface area contributed by atoms with Crippen LogP contribution in [0.3, 0.4) is 0 Å². The Bertz CT molecular complexity index is 454. The van der Waals surface area contributed by atoms with Crippen LogP contribution in [0.2, 0.25) is 0 Å². The number of aromatic nitrogens is 4. The van der Waals surface area contributed by atoms with E-state index in [1.54, 1.807) is 0 Å². The van der Waals surface area contributed by atoms with Gasteiger partial charge in [0, 0.05) is 17.1 Å². The first-order valence-electron chi connectivity index (χ1n) is 6.02. The number of hydrogen-bond acceptors (Lipinski definition) is 5. The van der Waals surface area contributed by atoms with E-state index in [0.29, 0.717) is 0 Å². The Hall–Kier alpha value is -1.40. The molecule has 0 aliphatic heterocycles. The summed E-state index contributed by atoms with van der Waals surface area (Å²) in [5, 5.41) is 10.8. The van der Waals surface area contributed by atoms with Gasteiger partial charge >= 0.3 is 0 Å². The summed E-state index contributed by atoms with van der Waals surface area (Å²) < 4.78 is 0. The topological polar surface area (TPSA) is 66.5 Å². The van der Waals surface area contributed by atoms with Crippen LogP contribution in [0.1, 0.15) is 32.0 Å². The first-order valence-corrected chi connectivity index (χ1v) is 6.83. The molecule has 0 saturated carbocycles. The van der Waals surface area contributed by atoms with E-state index in [1.165, 1.54) is 18.1 Å². The lowest BCUT2D eigenvalue weighted by molar-refractivity contribution is 0.558. The minimum absolute atomic E-state index is 0.286. The summed E-state index contributed by atoms with van der Waals surface area (Å²) in [4.78, 5) is 9.59. The molecule has 0 aromatic carbocycles. The van der Waals surface area contributed by atoms with Crippen molar-refractivity contribution in [2.24, 2.45) is 0 Å². The predicted molar refractivity (Wildman–Crippen MR) is 71.5 cm³/mol. The Morgan fingerprint density at radius 3 is 2.89 bits per heavy atom. The summed E-state index contributed by atoms with van der Waals surface area (Å²) in [5.74, 6) is 0. The van der Waals surface area contributed by atoms with Gasteiger partial charge in [-0.3, -0.25) is 10.1 Å². The van der Waals surface area contributed by atoms with Crippen LogP contribution < -0.4 is 5.32 Å². The molecule has 5 nitrogen and oxygen atoms in total. The molecule has 1 atom stereocenters. The zero-order valence-corrected chi connectivity index (χ0v) is 11.4. The van der Waals surface area contributed by atoms with Crippen LogP contribution in [0.4, 0.5) is 0 Å². The lowest BCUT2D eigenvalue weighted by Gasteiger charge is -2.12. The van der Waals surface area contributed by atoms with Crippen LogP contribution >= 0.6 is 11.8 Å². The molecule has 0 radical (unpaired) electrons. The van der Waals surface area contributed by atoms with Gasteiger partial charge in [0.2, 0.25) is 0 Å². The molecule has 0 spiro atoms. The first kappa shape index (κ1) is 13.0. The van der Waals surface area contributed by atoms with Crippen molar-refractivity contribution in [1.82, 2.24) is 25.5 Å². The molecular formula is C12H17N5S. The second-order valence-corrected chi connectivity index (χ2v) is 5.05. The zero-order chi connectivity index (χ0) is 12.8. The first-order chi connectivity index (χ1) is 8.79. The summed E-state index contributed by atoms with van der Waals surface area (Å²) in [6.07, 6.45) is 4.50. The normalized spacial score (nSPS) is 12.6. The zero-order valence-electron chi connectivity index (χ0n) is 10.6. The fourth-order valence-corrected chi connectivity index (χ4v) is 2.19. The summed E-state index contributed by atoms with van der Waals surface area (Å²) in [5.41, 5.74) is 1.06. The van der Waals surface area contributed by atoms with Gasteiger partial charge in [0.1, 0.15) is 6.33 Å². The molecule has 2 aromatic heterocycles. The molecule has 0 bridgehead atoms. The van der Waals surface area contributed by atoms with Gasteiger partial charge in [-0.25, -0.2) is 4.98 Å². The Kier molecular flexibility index (Phi) is 4.72. The van der Waals surface area contributed by atoms with Crippen LogP contribution in [0, 0.1) is 0 Å². The number of pyridine rings is 1. The highest BCUT2D eigenvalue weighted by Crippen LogP contribution is 2.23. The van der Waals surface area contributed by atoms with Gasteiger partial charge < -0.3 is 5.32 Å². The summed E-state index contributed by atoms with van der Waals surface area (Å²) in [6, 6.07) is 4.39. The summed E-state index contributed by atoms with van der Waals surface area (Å²) in [6.45, 7) is 5.29. The van der Waals surface area contributed by atoms with Crippen molar-refractivity contribution in [3.8, 4) is 0 Å². The van der Waals surface area contributed by atoms with Crippen LogP contribution in [0.15, 0.2) is 34.7 Å². The Balaban J connectivity index is 1.96. The summed E-state index contributed by atoms with van der Waals surface area (Å²) in [7, 11) is 0. The largest absolute Gasteiger partial charge is 0.309 e.